The van der Waals surface area contributed by atoms with Crippen LogP contribution in [0, 0.1) is 22.7 Å². The van der Waals surface area contributed by atoms with Crippen LogP contribution in [0.5, 0.6) is 0 Å². The third kappa shape index (κ3) is 4.99. The van der Waals surface area contributed by atoms with Gasteiger partial charge in [0.15, 0.2) is 17.5 Å². The molecule has 2 aliphatic rings. The number of fused-ring (bicyclic) bond motifs is 13. The summed E-state index contributed by atoms with van der Waals surface area (Å²) in [6.45, 7) is 0. The van der Waals surface area contributed by atoms with Crippen molar-refractivity contribution in [3.63, 3.8) is 0 Å². The van der Waals surface area contributed by atoms with Crippen LogP contribution in [0.25, 0.3) is 72.8 Å². The minimum Gasteiger partial charge on any atom is -0.308 e. The van der Waals surface area contributed by atoms with Crippen molar-refractivity contribution in [2.45, 2.75) is 15.2 Å². The summed E-state index contributed by atoms with van der Waals surface area (Å²) in [4.78, 5) is 17.2. The summed E-state index contributed by atoms with van der Waals surface area (Å²) < 4.78 is 2.17. The fourth-order valence-corrected chi connectivity index (χ4v) is 10.9. The summed E-state index contributed by atoms with van der Waals surface area (Å²) in [5.41, 5.74) is 12.1. The Bertz CT molecular complexity index is 3440. The maximum absolute atomic E-state index is 11.1. The number of aromatic nitrogens is 4. The van der Waals surface area contributed by atoms with Gasteiger partial charge in [-0.15, -0.1) is 0 Å². The Morgan fingerprint density at radius 1 is 0.459 bits per heavy atom. The summed E-state index contributed by atoms with van der Waals surface area (Å²) in [7, 11) is 0. The number of nitrogens with zero attached hydrogens (tertiary/aromatic N) is 6. The largest absolute Gasteiger partial charge is 0.308 e. The molecule has 6 nitrogen and oxygen atoms in total. The van der Waals surface area contributed by atoms with Gasteiger partial charge >= 0.3 is 0 Å². The van der Waals surface area contributed by atoms with E-state index in [0.717, 1.165) is 32.9 Å². The summed E-state index contributed by atoms with van der Waals surface area (Å²) in [5.74, 6) is 1.28. The van der Waals surface area contributed by atoms with Crippen LogP contribution in [0.3, 0.4) is 0 Å². The molecule has 1 aliphatic carbocycles. The van der Waals surface area contributed by atoms with E-state index in [4.69, 9.17) is 15.0 Å². The van der Waals surface area contributed by atoms with Gasteiger partial charge in [0.05, 0.1) is 39.3 Å². The second kappa shape index (κ2) is 13.5. The molecule has 2 aromatic heterocycles. The van der Waals surface area contributed by atoms with Crippen LogP contribution >= 0.6 is 11.8 Å². The minimum absolute atomic E-state index is 0.319. The van der Waals surface area contributed by atoms with Gasteiger partial charge in [-0.05, 0) is 69.8 Å². The molecule has 0 saturated carbocycles. The third-order valence-electron chi connectivity index (χ3n) is 12.2. The van der Waals surface area contributed by atoms with E-state index in [1.807, 2.05) is 84.6 Å². The van der Waals surface area contributed by atoms with Crippen molar-refractivity contribution in [1.29, 1.82) is 10.5 Å². The molecule has 10 aromatic rings. The van der Waals surface area contributed by atoms with Crippen molar-refractivity contribution in [3.05, 3.63) is 215 Å². The van der Waals surface area contributed by atoms with E-state index in [1.165, 1.54) is 43.2 Å². The summed E-state index contributed by atoms with van der Waals surface area (Å²) in [6, 6.07) is 67.4. The van der Waals surface area contributed by atoms with Crippen molar-refractivity contribution in [3.8, 4) is 63.1 Å². The van der Waals surface area contributed by atoms with Crippen LogP contribution in [-0.2, 0) is 5.41 Å². The Kier molecular flexibility index (Phi) is 7.71. The summed E-state index contributed by atoms with van der Waals surface area (Å²) in [6.07, 6.45) is 0. The molecule has 12 rings (SSSR count). The molecule has 0 fully saturated rings. The van der Waals surface area contributed by atoms with Crippen LogP contribution in [-0.4, -0.2) is 19.5 Å². The molecule has 0 radical (unpaired) electrons. The highest BCUT2D eigenvalue weighted by molar-refractivity contribution is 7.99. The number of hydrogen-bond donors (Lipinski definition) is 0. The second-order valence-corrected chi connectivity index (χ2v) is 16.4. The lowest BCUT2D eigenvalue weighted by Gasteiger charge is -2.40. The molecule has 8 aromatic carbocycles. The van der Waals surface area contributed by atoms with Crippen LogP contribution in [0.4, 0.5) is 0 Å². The van der Waals surface area contributed by atoms with Crippen LogP contribution < -0.4 is 0 Å². The third-order valence-corrected chi connectivity index (χ3v) is 13.3. The van der Waals surface area contributed by atoms with E-state index in [9.17, 15) is 10.5 Å². The SMILES string of the molecule is N#Cc1cc(-n2c3ccccc3c3c4c(ccc32)-c2ccccc2C42c3ccccc3Sc3ccccc32)c(C#N)cc1-c1nc(-c2ccccc2)nc(-c2ccccc2)n1. The maximum Gasteiger partial charge on any atom is 0.165 e. The van der Waals surface area contributed by atoms with Crippen molar-refractivity contribution < 1.29 is 0 Å². The van der Waals surface area contributed by atoms with Crippen LogP contribution in [0.15, 0.2) is 192 Å². The highest BCUT2D eigenvalue weighted by atomic mass is 32.2. The number of benzene rings is 8. The molecule has 0 unspecified atom stereocenters. The Hall–Kier alpha value is -8.10. The molecule has 1 spiro atoms. The van der Waals surface area contributed by atoms with Gasteiger partial charge in [0.25, 0.3) is 0 Å². The Labute approximate surface area is 355 Å². The van der Waals surface area contributed by atoms with Gasteiger partial charge in [0.2, 0.25) is 0 Å². The van der Waals surface area contributed by atoms with E-state index in [1.54, 1.807) is 6.07 Å². The molecule has 0 bridgehead atoms. The van der Waals surface area contributed by atoms with Crippen molar-refractivity contribution >= 4 is 33.6 Å². The standard InChI is InChI=1S/C54H30N6S/c55-31-35-30-46(36(32-56)29-40(35)53-58-51(33-15-3-1-4-16-33)57-52(59-53)34-17-5-2-6-18-34)60-44-24-12-8-20-39(44)49-45(60)28-27-38-37-19-7-9-21-41(37)54(50(38)49)42-22-10-13-25-47(42)61-48-26-14-11-23-43(48)54/h1-30H. The second-order valence-electron chi connectivity index (χ2n) is 15.3. The van der Waals surface area contributed by atoms with Gasteiger partial charge in [-0.1, -0.05) is 157 Å². The quantitative estimate of drug-likeness (QED) is 0.176. The summed E-state index contributed by atoms with van der Waals surface area (Å²) in [5, 5.41) is 24.2. The highest BCUT2D eigenvalue weighted by Crippen LogP contribution is 2.64. The monoisotopic (exact) mass is 794 g/mol. The van der Waals surface area contributed by atoms with Gasteiger partial charge in [-0.3, -0.25) is 0 Å². The first-order valence-corrected chi connectivity index (χ1v) is 20.9. The molecule has 0 saturated heterocycles. The summed E-state index contributed by atoms with van der Waals surface area (Å²) >= 11 is 1.83. The molecule has 61 heavy (non-hydrogen) atoms. The van der Waals surface area contributed by atoms with E-state index in [0.29, 0.717) is 39.9 Å². The number of rotatable bonds is 4. The average molecular weight is 795 g/mol. The normalized spacial score (nSPS) is 13.0. The Morgan fingerprint density at radius 2 is 1.02 bits per heavy atom. The zero-order valence-electron chi connectivity index (χ0n) is 32.4. The highest BCUT2D eigenvalue weighted by Gasteiger charge is 2.51. The fourth-order valence-electron chi connectivity index (χ4n) is 9.74. The molecule has 282 valence electrons. The Balaban J connectivity index is 1.15. The predicted molar refractivity (Wildman–Crippen MR) is 241 cm³/mol. The molecule has 1 aliphatic heterocycles. The van der Waals surface area contributed by atoms with E-state index >= 15 is 0 Å². The van der Waals surface area contributed by atoms with Gasteiger partial charge in [0.1, 0.15) is 6.07 Å². The molecule has 7 heteroatoms. The van der Waals surface area contributed by atoms with Crippen LogP contribution in [0.1, 0.15) is 33.4 Å². The van der Waals surface area contributed by atoms with Gasteiger partial charge in [0, 0.05) is 37.3 Å². The first kappa shape index (κ1) is 34.9. The minimum atomic E-state index is -0.607. The van der Waals surface area contributed by atoms with Gasteiger partial charge in [-0.2, -0.15) is 10.5 Å². The fraction of sp³-hybridized carbons (Fsp3) is 0.0185. The van der Waals surface area contributed by atoms with E-state index in [2.05, 4.69) is 120 Å². The lowest BCUT2D eigenvalue weighted by molar-refractivity contribution is 0.728. The van der Waals surface area contributed by atoms with Gasteiger partial charge < -0.3 is 4.57 Å². The van der Waals surface area contributed by atoms with E-state index < -0.39 is 5.41 Å². The lowest BCUT2D eigenvalue weighted by atomic mass is 9.66. The molecular weight excluding hydrogens is 765 g/mol. The molecule has 0 amide bonds. The van der Waals surface area contributed by atoms with Crippen LogP contribution in [0.2, 0.25) is 0 Å². The van der Waals surface area contributed by atoms with Crippen molar-refractivity contribution in [1.82, 2.24) is 19.5 Å². The van der Waals surface area contributed by atoms with Crippen molar-refractivity contribution in [2.75, 3.05) is 0 Å². The zero-order valence-corrected chi connectivity index (χ0v) is 33.2. The number of nitriles is 2. The van der Waals surface area contributed by atoms with Crippen molar-refractivity contribution in [2.24, 2.45) is 0 Å². The number of hydrogen-bond acceptors (Lipinski definition) is 6. The first-order valence-electron chi connectivity index (χ1n) is 20.1. The smallest absolute Gasteiger partial charge is 0.165 e. The zero-order chi connectivity index (χ0) is 40.7. The Morgan fingerprint density at radius 3 is 1.67 bits per heavy atom. The van der Waals surface area contributed by atoms with Gasteiger partial charge in [-0.25, -0.2) is 15.0 Å². The molecular formula is C54H30N6S. The molecule has 0 N–H and O–H groups in total. The lowest BCUT2D eigenvalue weighted by Crippen LogP contribution is -2.32. The first-order chi connectivity index (χ1) is 30.2. The number of para-hydroxylation sites is 1. The molecule has 3 heterocycles. The topological polar surface area (TPSA) is 91.2 Å². The van der Waals surface area contributed by atoms with E-state index in [-0.39, 0.29) is 0 Å². The predicted octanol–water partition coefficient (Wildman–Crippen LogP) is 12.5. The average Bonchev–Trinajstić information content (AvgIpc) is 3.82. The molecule has 0 atom stereocenters. The maximum atomic E-state index is 11.1.